The second kappa shape index (κ2) is 4.86. The van der Waals surface area contributed by atoms with Crippen molar-refractivity contribution >= 4 is 5.69 Å². The lowest BCUT2D eigenvalue weighted by Crippen LogP contribution is -2.53. The van der Waals surface area contributed by atoms with Gasteiger partial charge in [0.05, 0.1) is 18.8 Å². The van der Waals surface area contributed by atoms with Gasteiger partial charge < -0.3 is 15.4 Å². The van der Waals surface area contributed by atoms with Gasteiger partial charge in [0.15, 0.2) is 0 Å². The molecule has 0 aromatic heterocycles. The van der Waals surface area contributed by atoms with E-state index in [4.69, 9.17) is 10.5 Å². The van der Waals surface area contributed by atoms with Crippen molar-refractivity contribution in [2.24, 2.45) is 5.73 Å². The monoisotopic (exact) mass is 252 g/mol. The summed E-state index contributed by atoms with van der Waals surface area (Å²) in [5.74, 6) is -0.239. The molecule has 1 aliphatic rings. The van der Waals surface area contributed by atoms with Crippen LogP contribution in [0.1, 0.15) is 32.4 Å². The Balaban J connectivity index is 2.43. The number of nitrogens with two attached hydrogens (primary N) is 1. The molecule has 0 amide bonds. The highest BCUT2D eigenvalue weighted by atomic mass is 19.1. The van der Waals surface area contributed by atoms with E-state index in [1.54, 1.807) is 0 Å². The Morgan fingerprint density at radius 2 is 2.17 bits per heavy atom. The Morgan fingerprint density at radius 3 is 2.78 bits per heavy atom. The molecular formula is C14H21FN2O. The van der Waals surface area contributed by atoms with Crippen molar-refractivity contribution in [1.82, 2.24) is 0 Å². The lowest BCUT2D eigenvalue weighted by atomic mass is 9.97. The fraction of sp³-hybridized carbons (Fsp3) is 0.571. The third-order valence-corrected chi connectivity index (χ3v) is 3.42. The minimum absolute atomic E-state index is 0.0975. The molecule has 1 unspecified atom stereocenters. The van der Waals surface area contributed by atoms with Gasteiger partial charge in [-0.1, -0.05) is 0 Å². The molecule has 1 heterocycles. The normalized spacial score (nSPS) is 20.8. The maximum atomic E-state index is 13.4. The predicted molar refractivity (Wildman–Crippen MR) is 71.2 cm³/mol. The molecule has 1 saturated heterocycles. The molecule has 2 N–H and O–H groups in total. The summed E-state index contributed by atoms with van der Waals surface area (Å²) in [6.45, 7) is 8.30. The zero-order chi connectivity index (χ0) is 13.3. The van der Waals surface area contributed by atoms with Crippen molar-refractivity contribution in [3.8, 4) is 0 Å². The van der Waals surface area contributed by atoms with Crippen molar-refractivity contribution < 1.29 is 9.13 Å². The van der Waals surface area contributed by atoms with E-state index < -0.39 is 0 Å². The first-order valence-electron chi connectivity index (χ1n) is 6.32. The Bertz CT molecular complexity index is 432. The number of hydrogen-bond acceptors (Lipinski definition) is 3. The van der Waals surface area contributed by atoms with Gasteiger partial charge in [-0.2, -0.15) is 0 Å². The molecule has 0 saturated carbocycles. The van der Waals surface area contributed by atoms with Crippen LogP contribution in [-0.2, 0) is 4.74 Å². The summed E-state index contributed by atoms with van der Waals surface area (Å²) >= 11 is 0. The minimum atomic E-state index is -0.239. The van der Waals surface area contributed by atoms with Crippen LogP contribution in [0.3, 0.4) is 0 Å². The Morgan fingerprint density at radius 1 is 1.44 bits per heavy atom. The standard InChI is InChI=1S/C14H21FN2O/c1-10(16)12-8-11(15)4-5-13(12)17-6-7-18-9-14(17,2)3/h4-5,8,10H,6-7,9,16H2,1-3H3. The summed E-state index contributed by atoms with van der Waals surface area (Å²) in [5.41, 5.74) is 7.72. The van der Waals surface area contributed by atoms with Crippen molar-refractivity contribution in [3.05, 3.63) is 29.6 Å². The number of halogens is 1. The SMILES string of the molecule is CC(N)c1cc(F)ccc1N1CCOCC1(C)C. The highest BCUT2D eigenvalue weighted by molar-refractivity contribution is 5.57. The number of ether oxygens (including phenoxy) is 1. The molecule has 0 aliphatic carbocycles. The van der Waals surface area contributed by atoms with E-state index in [1.807, 2.05) is 13.0 Å². The van der Waals surface area contributed by atoms with Crippen LogP contribution < -0.4 is 10.6 Å². The van der Waals surface area contributed by atoms with Crippen LogP contribution in [0.5, 0.6) is 0 Å². The summed E-state index contributed by atoms with van der Waals surface area (Å²) in [4.78, 5) is 2.26. The van der Waals surface area contributed by atoms with Crippen LogP contribution >= 0.6 is 0 Å². The topological polar surface area (TPSA) is 38.5 Å². The van der Waals surface area contributed by atoms with Crippen LogP contribution in [0.4, 0.5) is 10.1 Å². The first-order chi connectivity index (χ1) is 8.42. The maximum Gasteiger partial charge on any atom is 0.123 e. The molecule has 1 aromatic carbocycles. The van der Waals surface area contributed by atoms with Crippen LogP contribution in [0.15, 0.2) is 18.2 Å². The van der Waals surface area contributed by atoms with Gasteiger partial charge in [-0.15, -0.1) is 0 Å². The van der Waals surface area contributed by atoms with Crippen molar-refractivity contribution in [2.45, 2.75) is 32.4 Å². The van der Waals surface area contributed by atoms with Gasteiger partial charge in [-0.25, -0.2) is 4.39 Å². The van der Waals surface area contributed by atoms with Crippen LogP contribution in [-0.4, -0.2) is 25.3 Å². The third-order valence-electron chi connectivity index (χ3n) is 3.42. The lowest BCUT2D eigenvalue weighted by Gasteiger charge is -2.45. The van der Waals surface area contributed by atoms with Crippen LogP contribution in [0, 0.1) is 5.82 Å². The van der Waals surface area contributed by atoms with E-state index in [2.05, 4.69) is 18.7 Å². The molecule has 1 aliphatic heterocycles. The first-order valence-corrected chi connectivity index (χ1v) is 6.32. The van der Waals surface area contributed by atoms with Crippen molar-refractivity contribution in [2.75, 3.05) is 24.7 Å². The van der Waals surface area contributed by atoms with E-state index in [-0.39, 0.29) is 17.4 Å². The van der Waals surface area contributed by atoms with E-state index >= 15 is 0 Å². The fourth-order valence-corrected chi connectivity index (χ4v) is 2.44. The van der Waals surface area contributed by atoms with Gasteiger partial charge >= 0.3 is 0 Å². The van der Waals surface area contributed by atoms with E-state index in [0.29, 0.717) is 13.2 Å². The molecule has 18 heavy (non-hydrogen) atoms. The molecule has 2 rings (SSSR count). The van der Waals surface area contributed by atoms with E-state index in [1.165, 1.54) is 12.1 Å². The zero-order valence-electron chi connectivity index (χ0n) is 11.2. The molecule has 0 bridgehead atoms. The average Bonchev–Trinajstić information content (AvgIpc) is 2.29. The summed E-state index contributed by atoms with van der Waals surface area (Å²) in [6, 6.07) is 4.66. The molecule has 4 heteroatoms. The Hall–Kier alpha value is -1.13. The first kappa shape index (κ1) is 13.3. The zero-order valence-corrected chi connectivity index (χ0v) is 11.2. The van der Waals surface area contributed by atoms with E-state index in [0.717, 1.165) is 17.8 Å². The largest absolute Gasteiger partial charge is 0.377 e. The van der Waals surface area contributed by atoms with Crippen LogP contribution in [0.25, 0.3) is 0 Å². The molecule has 0 spiro atoms. The quantitative estimate of drug-likeness (QED) is 0.878. The molecule has 3 nitrogen and oxygen atoms in total. The fourth-order valence-electron chi connectivity index (χ4n) is 2.44. The number of rotatable bonds is 2. The smallest absolute Gasteiger partial charge is 0.123 e. The number of benzene rings is 1. The van der Waals surface area contributed by atoms with Gasteiger partial charge in [0.2, 0.25) is 0 Å². The second-order valence-corrected chi connectivity index (χ2v) is 5.51. The molecular weight excluding hydrogens is 231 g/mol. The third kappa shape index (κ3) is 2.49. The highest BCUT2D eigenvalue weighted by Crippen LogP contribution is 2.32. The minimum Gasteiger partial charge on any atom is -0.377 e. The lowest BCUT2D eigenvalue weighted by molar-refractivity contribution is 0.0642. The number of hydrogen-bond donors (Lipinski definition) is 1. The maximum absolute atomic E-state index is 13.4. The second-order valence-electron chi connectivity index (χ2n) is 5.51. The van der Waals surface area contributed by atoms with Gasteiger partial charge in [0.25, 0.3) is 0 Å². The summed E-state index contributed by atoms with van der Waals surface area (Å²) in [5, 5.41) is 0. The van der Waals surface area contributed by atoms with Crippen LogP contribution in [0.2, 0.25) is 0 Å². The number of anilines is 1. The molecule has 1 fully saturated rings. The Labute approximate surface area is 108 Å². The Kier molecular flexibility index (Phi) is 3.59. The van der Waals surface area contributed by atoms with Crippen molar-refractivity contribution in [3.63, 3.8) is 0 Å². The van der Waals surface area contributed by atoms with E-state index in [9.17, 15) is 4.39 Å². The summed E-state index contributed by atoms with van der Waals surface area (Å²) < 4.78 is 18.9. The molecule has 1 aromatic rings. The number of morpholine rings is 1. The van der Waals surface area contributed by atoms with Gasteiger partial charge in [0.1, 0.15) is 5.82 Å². The highest BCUT2D eigenvalue weighted by Gasteiger charge is 2.32. The van der Waals surface area contributed by atoms with Gasteiger partial charge in [-0.3, -0.25) is 0 Å². The van der Waals surface area contributed by atoms with Gasteiger partial charge in [-0.05, 0) is 44.5 Å². The molecule has 0 radical (unpaired) electrons. The molecule has 100 valence electrons. The van der Waals surface area contributed by atoms with Gasteiger partial charge in [0, 0.05) is 18.3 Å². The summed E-state index contributed by atoms with van der Waals surface area (Å²) in [7, 11) is 0. The van der Waals surface area contributed by atoms with Crippen molar-refractivity contribution in [1.29, 1.82) is 0 Å². The average molecular weight is 252 g/mol. The summed E-state index contributed by atoms with van der Waals surface area (Å²) in [6.07, 6.45) is 0. The number of nitrogens with zero attached hydrogens (tertiary/aromatic N) is 1. The molecule has 1 atom stereocenters. The predicted octanol–water partition coefficient (Wildman–Crippen LogP) is 2.46.